The summed E-state index contributed by atoms with van der Waals surface area (Å²) in [6.45, 7) is 0. The fourth-order valence-corrected chi connectivity index (χ4v) is 0. The quantitative estimate of drug-likeness (QED) is 0.438. The molecule has 0 saturated heterocycles. The van der Waals surface area contributed by atoms with E-state index in [1.807, 2.05) is 0 Å². The van der Waals surface area contributed by atoms with Gasteiger partial charge in [0.15, 0.2) is 17.4 Å². The van der Waals surface area contributed by atoms with Gasteiger partial charge in [-0.25, -0.2) is 0 Å². The van der Waals surface area contributed by atoms with Gasteiger partial charge in [0.05, 0.1) is 0 Å². The van der Waals surface area contributed by atoms with Crippen molar-refractivity contribution in [3.8, 4) is 0 Å². The van der Waals surface area contributed by atoms with Crippen molar-refractivity contribution < 1.29 is 21.8 Å². The van der Waals surface area contributed by atoms with Crippen molar-refractivity contribution in [2.45, 2.75) is 0 Å². The van der Waals surface area contributed by atoms with Crippen molar-refractivity contribution in [2.75, 3.05) is 0 Å². The summed E-state index contributed by atoms with van der Waals surface area (Å²) in [5, 5.41) is 0. The van der Waals surface area contributed by atoms with E-state index < -0.39 is 0 Å². The van der Waals surface area contributed by atoms with Crippen LogP contribution < -0.4 is 0 Å². The standard InChI is InChI=1S/Al.Bi.O.Ru.6H. The van der Waals surface area contributed by atoms with Gasteiger partial charge in [-0.3, -0.25) is 0 Å². The predicted molar refractivity (Wildman–Crippen MR) is 20.6 cm³/mol. The van der Waals surface area contributed by atoms with Gasteiger partial charge < -0.3 is 0 Å². The first-order chi connectivity index (χ1) is 1.00. The Labute approximate surface area is 64.7 Å². The van der Waals surface area contributed by atoms with E-state index >= 15 is 0 Å². The SMILES string of the molecule is [AlH3].[BiH3].[O]=[Ru]. The van der Waals surface area contributed by atoms with Gasteiger partial charge in [-0.05, 0) is 0 Å². The molecule has 0 bridgehead atoms. The molecule has 0 N–H and O–H groups in total. The second-order valence-electron chi connectivity index (χ2n) is 0. The van der Waals surface area contributed by atoms with Crippen LogP contribution in [-0.4, -0.2) is 43.6 Å². The van der Waals surface area contributed by atoms with E-state index in [1.54, 1.807) is 0 Å². The molecule has 4 heteroatoms. The molecule has 0 aromatic carbocycles. The van der Waals surface area contributed by atoms with E-state index in [9.17, 15) is 0 Å². The van der Waals surface area contributed by atoms with Crippen LogP contribution in [0.1, 0.15) is 0 Å². The molecule has 0 aromatic heterocycles. The molecule has 0 fully saturated rings. The zero-order valence-electron chi connectivity index (χ0n) is 1.47. The second-order valence-corrected chi connectivity index (χ2v) is 0. The van der Waals surface area contributed by atoms with Crippen LogP contribution in [0.3, 0.4) is 0 Å². The van der Waals surface area contributed by atoms with Crippen LogP contribution in [0.2, 0.25) is 0 Å². The summed E-state index contributed by atoms with van der Waals surface area (Å²) >= 11 is 1.10. The molecule has 0 amide bonds. The van der Waals surface area contributed by atoms with Crippen LogP contribution in [0.5, 0.6) is 0 Å². The molecule has 28 valence electrons. The Kier molecular flexibility index (Phi) is 89.4. The molecule has 0 heterocycles. The molecule has 0 aliphatic heterocycles. The van der Waals surface area contributed by atoms with E-state index in [0.717, 1.165) is 18.3 Å². The monoisotopic (exact) mass is 360 g/mol. The Morgan fingerprint density at radius 1 is 1.25 bits per heavy atom. The summed E-state index contributed by atoms with van der Waals surface area (Å²) in [4.78, 5) is 0. The number of hydrogen-bond acceptors (Lipinski definition) is 1. The van der Waals surface area contributed by atoms with E-state index in [0.29, 0.717) is 0 Å². The minimum absolute atomic E-state index is 0. The Bertz CT molecular complexity index is 8.00. The predicted octanol–water partition coefficient (Wildman–Crippen LogP) is -2.49. The van der Waals surface area contributed by atoms with Gasteiger partial charge in [0, 0.05) is 0 Å². The van der Waals surface area contributed by atoms with Gasteiger partial charge in [-0.15, -0.1) is 0 Å². The number of rotatable bonds is 0. The second kappa shape index (κ2) is 21.1. The molecule has 0 radical (unpaired) electrons. The van der Waals surface area contributed by atoms with E-state index in [4.69, 9.17) is 3.57 Å². The summed E-state index contributed by atoms with van der Waals surface area (Å²) < 4.78 is 8.18. The van der Waals surface area contributed by atoms with Crippen molar-refractivity contribution >= 4 is 43.6 Å². The maximum atomic E-state index is 8.18. The van der Waals surface area contributed by atoms with Gasteiger partial charge in [0.2, 0.25) is 0 Å². The van der Waals surface area contributed by atoms with Gasteiger partial charge in [-0.2, -0.15) is 0 Å². The van der Waals surface area contributed by atoms with Crippen molar-refractivity contribution in [1.82, 2.24) is 0 Å². The Hall–Kier alpha value is 1.84. The molecule has 0 aliphatic carbocycles. The van der Waals surface area contributed by atoms with Crippen LogP contribution in [0.25, 0.3) is 0 Å². The van der Waals surface area contributed by atoms with E-state index in [1.165, 1.54) is 0 Å². The van der Waals surface area contributed by atoms with Crippen molar-refractivity contribution in [3.63, 3.8) is 0 Å². The van der Waals surface area contributed by atoms with E-state index in [2.05, 4.69) is 0 Å². The Balaban J connectivity index is -0.00000000500. The fourth-order valence-electron chi connectivity index (χ4n) is 0. The number of hydrogen-bond donors (Lipinski definition) is 0. The summed E-state index contributed by atoms with van der Waals surface area (Å²) in [5.74, 6) is 0. The van der Waals surface area contributed by atoms with Gasteiger partial charge >= 0.3 is 48.0 Å². The van der Waals surface area contributed by atoms with E-state index in [-0.39, 0.29) is 43.6 Å². The summed E-state index contributed by atoms with van der Waals surface area (Å²) in [7, 11) is 0. The molecule has 0 atom stereocenters. The topological polar surface area (TPSA) is 17.1 Å². The Morgan fingerprint density at radius 2 is 1.25 bits per heavy atom. The first kappa shape index (κ1) is 17.0. The molecule has 0 unspecified atom stereocenters. The molecule has 0 spiro atoms. The molecule has 0 saturated carbocycles. The van der Waals surface area contributed by atoms with Gasteiger partial charge in [0.25, 0.3) is 0 Å². The first-order valence-electron chi connectivity index (χ1n) is 0.144. The molecule has 0 aromatic rings. The average Bonchev–Trinajstić information content (AvgIpc) is 1.00. The molecular formula is H6AlBiORu. The van der Waals surface area contributed by atoms with Crippen LogP contribution >= 0.6 is 0 Å². The van der Waals surface area contributed by atoms with Crippen LogP contribution in [0.4, 0.5) is 0 Å². The first-order valence-corrected chi connectivity index (χ1v) is 0.854. The molecule has 0 aliphatic rings. The van der Waals surface area contributed by atoms with Crippen molar-refractivity contribution in [3.05, 3.63) is 0 Å². The Morgan fingerprint density at radius 3 is 1.25 bits per heavy atom. The van der Waals surface area contributed by atoms with Crippen molar-refractivity contribution in [2.24, 2.45) is 0 Å². The summed E-state index contributed by atoms with van der Waals surface area (Å²) in [6, 6.07) is 0. The van der Waals surface area contributed by atoms with Crippen LogP contribution in [-0.2, 0) is 21.8 Å². The average molecular weight is 359 g/mol. The third kappa shape index (κ3) is 9.15. The summed E-state index contributed by atoms with van der Waals surface area (Å²) in [6.07, 6.45) is 0. The zero-order chi connectivity index (χ0) is 2.00. The fraction of sp³-hybridized carbons (Fsp3) is 0. The minimum atomic E-state index is 0. The summed E-state index contributed by atoms with van der Waals surface area (Å²) in [5.41, 5.74) is 0. The molecule has 4 heavy (non-hydrogen) atoms. The van der Waals surface area contributed by atoms with Crippen LogP contribution in [0, 0.1) is 0 Å². The molecular weight excluding hydrogens is 353 g/mol. The maximum absolute atomic E-state index is 8.18. The van der Waals surface area contributed by atoms with Crippen molar-refractivity contribution in [1.29, 1.82) is 0 Å². The third-order valence-electron chi connectivity index (χ3n) is 0. The normalized spacial score (nSPS) is 1.25. The van der Waals surface area contributed by atoms with Gasteiger partial charge in [-0.1, -0.05) is 0 Å². The molecule has 0 rings (SSSR count). The third-order valence-corrected chi connectivity index (χ3v) is 0. The zero-order valence-corrected chi connectivity index (χ0v) is 8.70. The van der Waals surface area contributed by atoms with Gasteiger partial charge in [0.1, 0.15) is 0 Å². The van der Waals surface area contributed by atoms with Crippen LogP contribution in [0.15, 0.2) is 0 Å². The molecule has 1 nitrogen and oxygen atoms in total.